The number of ether oxygens (including phenoxy) is 4. The molecule has 1 fully saturated rings. The van der Waals surface area contributed by atoms with Crippen LogP contribution in [0.1, 0.15) is 74.7 Å². The Kier molecular flexibility index (Phi) is 10.6. The van der Waals surface area contributed by atoms with Gasteiger partial charge in [-0.3, -0.25) is 9.69 Å². The fraction of sp³-hybridized carbons (Fsp3) is 0.870. The van der Waals surface area contributed by atoms with Crippen LogP contribution in [0, 0.1) is 5.92 Å². The molecule has 1 rings (SSSR count). The van der Waals surface area contributed by atoms with Gasteiger partial charge in [0.2, 0.25) is 12.3 Å². The van der Waals surface area contributed by atoms with Gasteiger partial charge in [0.05, 0.1) is 6.10 Å². The molecule has 1 saturated heterocycles. The topological polar surface area (TPSA) is 124 Å². The maximum atomic E-state index is 13.2. The monoisotopic (exact) mass is 474 g/mol. The second kappa shape index (κ2) is 12.0. The van der Waals surface area contributed by atoms with E-state index in [0.717, 1.165) is 0 Å². The Morgan fingerprint density at radius 1 is 1.09 bits per heavy atom. The van der Waals surface area contributed by atoms with E-state index in [1.54, 1.807) is 41.5 Å². The fourth-order valence-electron chi connectivity index (χ4n) is 3.75. The van der Waals surface area contributed by atoms with Crippen LogP contribution in [-0.2, 0) is 28.5 Å². The summed E-state index contributed by atoms with van der Waals surface area (Å²) < 4.78 is 22.2. The number of esters is 1. The first kappa shape index (κ1) is 29.1. The number of carbonyl (C=O) groups excluding carboxylic acids is 3. The van der Waals surface area contributed by atoms with Crippen molar-refractivity contribution in [3.63, 3.8) is 0 Å². The van der Waals surface area contributed by atoms with Crippen LogP contribution in [0.2, 0.25) is 0 Å². The summed E-state index contributed by atoms with van der Waals surface area (Å²) in [6, 6.07) is -1.44. The second-order valence-electron chi connectivity index (χ2n) is 10.4. The summed E-state index contributed by atoms with van der Waals surface area (Å²) in [5, 5.41) is 12.6. The molecule has 0 bridgehead atoms. The van der Waals surface area contributed by atoms with Crippen molar-refractivity contribution < 1.29 is 38.4 Å². The predicted molar refractivity (Wildman–Crippen MR) is 121 cm³/mol. The van der Waals surface area contributed by atoms with Gasteiger partial charge in [-0.2, -0.15) is 0 Å². The number of hydrogen-bond acceptors (Lipinski definition) is 8. The van der Waals surface area contributed by atoms with Crippen LogP contribution in [0.25, 0.3) is 0 Å². The minimum absolute atomic E-state index is 0.223. The molecule has 1 aliphatic heterocycles. The highest BCUT2D eigenvalue weighted by molar-refractivity contribution is 5.83. The average Bonchev–Trinajstić information content (AvgIpc) is 3.02. The van der Waals surface area contributed by atoms with E-state index in [-0.39, 0.29) is 24.9 Å². The van der Waals surface area contributed by atoms with Gasteiger partial charge in [-0.15, -0.1) is 0 Å². The number of amides is 2. The molecule has 0 aliphatic carbocycles. The summed E-state index contributed by atoms with van der Waals surface area (Å²) in [5.74, 6) is -1.24. The maximum Gasteiger partial charge on any atom is 0.411 e. The van der Waals surface area contributed by atoms with E-state index < -0.39 is 47.9 Å². The van der Waals surface area contributed by atoms with Crippen molar-refractivity contribution in [1.29, 1.82) is 0 Å². The van der Waals surface area contributed by atoms with E-state index >= 15 is 0 Å². The smallest absolute Gasteiger partial charge is 0.411 e. The van der Waals surface area contributed by atoms with Gasteiger partial charge < -0.3 is 29.4 Å². The number of carbonyl (C=O) groups is 3. The number of rotatable bonds is 9. The van der Waals surface area contributed by atoms with Crippen molar-refractivity contribution in [2.24, 2.45) is 5.92 Å². The lowest BCUT2D eigenvalue weighted by molar-refractivity contribution is -0.182. The molecule has 0 aromatic carbocycles. The van der Waals surface area contributed by atoms with Crippen LogP contribution in [-0.4, -0.2) is 77.5 Å². The largest absolute Gasteiger partial charge is 0.458 e. The third-order valence-corrected chi connectivity index (χ3v) is 5.09. The van der Waals surface area contributed by atoms with Gasteiger partial charge in [0.25, 0.3) is 0 Å². The van der Waals surface area contributed by atoms with Gasteiger partial charge in [-0.05, 0) is 60.8 Å². The summed E-state index contributed by atoms with van der Waals surface area (Å²) in [7, 11) is 1.41. The lowest BCUT2D eigenvalue weighted by Gasteiger charge is -2.35. The Morgan fingerprint density at radius 3 is 2.09 bits per heavy atom. The number of methoxy groups -OCH3 is 1. The lowest BCUT2D eigenvalue weighted by Crippen LogP contribution is -2.50. The van der Waals surface area contributed by atoms with Crippen LogP contribution < -0.4 is 5.32 Å². The molecule has 1 aliphatic rings. The molecular weight excluding hydrogens is 432 g/mol. The Hall–Kier alpha value is -1.91. The first-order chi connectivity index (χ1) is 15.1. The molecule has 0 aromatic heterocycles. The van der Waals surface area contributed by atoms with Crippen molar-refractivity contribution in [3.05, 3.63) is 0 Å². The van der Waals surface area contributed by atoms with E-state index in [2.05, 4.69) is 5.32 Å². The van der Waals surface area contributed by atoms with E-state index in [1.807, 2.05) is 6.92 Å². The highest BCUT2D eigenvalue weighted by Gasteiger charge is 2.50. The number of nitrogens with zero attached hydrogens (tertiary/aromatic N) is 1. The van der Waals surface area contributed by atoms with Crippen molar-refractivity contribution in [2.75, 3.05) is 13.7 Å². The van der Waals surface area contributed by atoms with Gasteiger partial charge in [-0.1, -0.05) is 6.92 Å². The molecule has 192 valence electrons. The molecule has 0 radical (unpaired) electrons. The Balaban J connectivity index is 3.22. The second-order valence-corrected chi connectivity index (χ2v) is 10.4. The Labute approximate surface area is 197 Å². The standard InChI is InChI=1S/C23H42N2O8/c1-10-16(31-20(30-9)24-14(2)27)12-17-15(13-26)11-18(19(28)32-22(3,4)5)25(17)21(29)33-23(6,7)8/h15-18,20,26H,10-13H2,1-9H3,(H,24,27)/t15-,16+,17+,18+,20?/m0/s1. The Morgan fingerprint density at radius 2 is 1.67 bits per heavy atom. The number of hydrogen-bond donors (Lipinski definition) is 2. The third kappa shape index (κ3) is 9.46. The maximum absolute atomic E-state index is 13.2. The van der Waals surface area contributed by atoms with E-state index in [4.69, 9.17) is 18.9 Å². The molecule has 5 atom stereocenters. The molecule has 2 amide bonds. The molecule has 0 saturated carbocycles. The summed E-state index contributed by atoms with van der Waals surface area (Å²) in [6.07, 6.45) is -0.946. The summed E-state index contributed by atoms with van der Waals surface area (Å²) in [6.45, 7) is 13.5. The molecule has 0 aromatic rings. The first-order valence-corrected chi connectivity index (χ1v) is 11.4. The molecule has 2 N–H and O–H groups in total. The zero-order valence-corrected chi connectivity index (χ0v) is 21.5. The van der Waals surface area contributed by atoms with Gasteiger partial charge in [0.15, 0.2) is 0 Å². The van der Waals surface area contributed by atoms with Crippen LogP contribution in [0.3, 0.4) is 0 Å². The normalized spacial score (nSPS) is 23.1. The van der Waals surface area contributed by atoms with Crippen LogP contribution in [0.15, 0.2) is 0 Å². The Bertz CT molecular complexity index is 670. The van der Waals surface area contributed by atoms with E-state index in [1.165, 1.54) is 18.9 Å². The molecule has 0 spiro atoms. The van der Waals surface area contributed by atoms with Gasteiger partial charge in [-0.25, -0.2) is 9.59 Å². The van der Waals surface area contributed by atoms with E-state index in [9.17, 15) is 19.5 Å². The summed E-state index contributed by atoms with van der Waals surface area (Å²) in [5.41, 5.74) is -1.51. The minimum atomic E-state index is -0.960. The molecule has 10 heteroatoms. The molecule has 1 unspecified atom stereocenters. The zero-order chi connectivity index (χ0) is 25.6. The van der Waals surface area contributed by atoms with Crippen LogP contribution in [0.5, 0.6) is 0 Å². The molecular formula is C23H42N2O8. The number of nitrogens with one attached hydrogen (secondary N) is 1. The average molecular weight is 475 g/mol. The number of aliphatic hydroxyl groups excluding tert-OH is 1. The van der Waals surface area contributed by atoms with Crippen LogP contribution >= 0.6 is 0 Å². The van der Waals surface area contributed by atoms with Crippen molar-refractivity contribution >= 4 is 18.0 Å². The highest BCUT2D eigenvalue weighted by atomic mass is 16.7. The fourth-order valence-corrected chi connectivity index (χ4v) is 3.75. The lowest BCUT2D eigenvalue weighted by atomic mass is 9.94. The van der Waals surface area contributed by atoms with Crippen LogP contribution in [0.4, 0.5) is 4.79 Å². The SMILES string of the molecule is CC[C@H](C[C@@H]1[C@H](CO)C[C@H](C(=O)OC(C)(C)C)N1C(=O)OC(C)(C)C)OC(NC(C)=O)OC. The quantitative estimate of drug-likeness (QED) is 0.386. The zero-order valence-electron chi connectivity index (χ0n) is 21.5. The van der Waals surface area contributed by atoms with Gasteiger partial charge >= 0.3 is 12.1 Å². The van der Waals surface area contributed by atoms with Gasteiger partial charge in [0.1, 0.15) is 17.2 Å². The predicted octanol–water partition coefficient (Wildman–Crippen LogP) is 2.57. The third-order valence-electron chi connectivity index (χ3n) is 5.09. The number of aliphatic hydroxyl groups is 1. The van der Waals surface area contributed by atoms with Crippen molar-refractivity contribution in [3.8, 4) is 0 Å². The van der Waals surface area contributed by atoms with Crippen molar-refractivity contribution in [2.45, 2.75) is 110 Å². The number of likely N-dealkylation sites (tertiary alicyclic amines) is 1. The first-order valence-electron chi connectivity index (χ1n) is 11.4. The minimum Gasteiger partial charge on any atom is -0.458 e. The molecule has 1 heterocycles. The molecule has 33 heavy (non-hydrogen) atoms. The molecule has 10 nitrogen and oxygen atoms in total. The van der Waals surface area contributed by atoms with Crippen molar-refractivity contribution in [1.82, 2.24) is 10.2 Å². The van der Waals surface area contributed by atoms with Gasteiger partial charge in [0, 0.05) is 32.6 Å². The van der Waals surface area contributed by atoms with E-state index in [0.29, 0.717) is 12.8 Å². The summed E-state index contributed by atoms with van der Waals surface area (Å²) >= 11 is 0. The highest BCUT2D eigenvalue weighted by Crippen LogP contribution is 2.36. The summed E-state index contributed by atoms with van der Waals surface area (Å²) in [4.78, 5) is 39.0.